The van der Waals surface area contributed by atoms with Gasteiger partial charge in [-0.2, -0.15) is 0 Å². The molecule has 1 heteroatoms. The minimum atomic E-state index is 0.817. The molecule has 16 heavy (non-hydrogen) atoms. The van der Waals surface area contributed by atoms with Crippen molar-refractivity contribution >= 4 is 0 Å². The van der Waals surface area contributed by atoms with Crippen LogP contribution in [0.2, 0.25) is 0 Å². The van der Waals surface area contributed by atoms with Crippen molar-refractivity contribution in [2.45, 2.75) is 78.2 Å². The molecule has 0 radical (unpaired) electrons. The van der Waals surface area contributed by atoms with E-state index in [-0.39, 0.29) is 0 Å². The monoisotopic (exact) mass is 225 g/mol. The Hall–Kier alpha value is -0.0400. The van der Waals surface area contributed by atoms with E-state index < -0.39 is 0 Å². The van der Waals surface area contributed by atoms with Crippen molar-refractivity contribution in [1.29, 1.82) is 0 Å². The number of rotatable bonds is 6. The standard InChI is InChI=1S/C15H31N/c1-4-13(5-2)12-16-15-9-7-8-14(6-3)10-11-15/h13-16H,4-12H2,1-3H3. The molecular weight excluding hydrogens is 194 g/mol. The van der Waals surface area contributed by atoms with Gasteiger partial charge in [0, 0.05) is 6.04 Å². The highest BCUT2D eigenvalue weighted by Crippen LogP contribution is 2.25. The Morgan fingerprint density at radius 1 is 1.00 bits per heavy atom. The second kappa shape index (κ2) is 8.11. The lowest BCUT2D eigenvalue weighted by molar-refractivity contribution is 0.378. The summed E-state index contributed by atoms with van der Waals surface area (Å²) in [5.41, 5.74) is 0. The molecule has 1 aliphatic carbocycles. The van der Waals surface area contributed by atoms with Crippen LogP contribution in [0.5, 0.6) is 0 Å². The summed E-state index contributed by atoms with van der Waals surface area (Å²) in [4.78, 5) is 0. The molecule has 0 aliphatic heterocycles. The van der Waals surface area contributed by atoms with Crippen LogP contribution in [-0.4, -0.2) is 12.6 Å². The topological polar surface area (TPSA) is 12.0 Å². The van der Waals surface area contributed by atoms with Crippen molar-refractivity contribution in [3.05, 3.63) is 0 Å². The lowest BCUT2D eigenvalue weighted by atomic mass is 9.97. The molecule has 2 atom stereocenters. The fraction of sp³-hybridized carbons (Fsp3) is 1.00. The van der Waals surface area contributed by atoms with Gasteiger partial charge in [-0.05, 0) is 37.6 Å². The molecule has 96 valence electrons. The quantitative estimate of drug-likeness (QED) is 0.662. The van der Waals surface area contributed by atoms with Gasteiger partial charge in [-0.1, -0.05) is 52.9 Å². The first kappa shape index (κ1) is 14.0. The smallest absolute Gasteiger partial charge is 0.00672 e. The van der Waals surface area contributed by atoms with Gasteiger partial charge >= 0.3 is 0 Å². The van der Waals surface area contributed by atoms with E-state index in [1.807, 2.05) is 0 Å². The predicted octanol–water partition coefficient (Wildman–Crippen LogP) is 4.37. The summed E-state index contributed by atoms with van der Waals surface area (Å²) in [5.74, 6) is 1.91. The fourth-order valence-electron chi connectivity index (χ4n) is 2.90. The molecule has 0 aromatic rings. The van der Waals surface area contributed by atoms with Gasteiger partial charge in [0.15, 0.2) is 0 Å². The first-order valence-electron chi connectivity index (χ1n) is 7.53. The molecule has 1 nitrogen and oxygen atoms in total. The van der Waals surface area contributed by atoms with Crippen LogP contribution >= 0.6 is 0 Å². The minimum absolute atomic E-state index is 0.817. The van der Waals surface area contributed by atoms with Crippen molar-refractivity contribution in [1.82, 2.24) is 5.32 Å². The summed E-state index contributed by atoms with van der Waals surface area (Å²) in [6.07, 6.45) is 11.2. The van der Waals surface area contributed by atoms with Crippen LogP contribution in [0, 0.1) is 11.8 Å². The molecule has 1 saturated carbocycles. The molecule has 1 aliphatic rings. The van der Waals surface area contributed by atoms with Crippen molar-refractivity contribution in [3.63, 3.8) is 0 Å². The minimum Gasteiger partial charge on any atom is -0.314 e. The second-order valence-electron chi connectivity index (χ2n) is 5.57. The Morgan fingerprint density at radius 2 is 1.75 bits per heavy atom. The van der Waals surface area contributed by atoms with E-state index >= 15 is 0 Å². The Labute approximate surface area is 102 Å². The third-order valence-corrected chi connectivity index (χ3v) is 4.52. The van der Waals surface area contributed by atoms with Crippen LogP contribution in [-0.2, 0) is 0 Å². The average Bonchev–Trinajstić information content (AvgIpc) is 2.55. The molecule has 1 N–H and O–H groups in total. The number of hydrogen-bond donors (Lipinski definition) is 1. The van der Waals surface area contributed by atoms with Gasteiger partial charge in [-0.25, -0.2) is 0 Å². The molecular formula is C15H31N. The second-order valence-corrected chi connectivity index (χ2v) is 5.57. The molecule has 0 heterocycles. The van der Waals surface area contributed by atoms with Crippen LogP contribution in [0.3, 0.4) is 0 Å². The molecule has 0 aromatic heterocycles. The van der Waals surface area contributed by atoms with Crippen molar-refractivity contribution < 1.29 is 0 Å². The molecule has 0 saturated heterocycles. The highest BCUT2D eigenvalue weighted by atomic mass is 14.9. The molecule has 1 fully saturated rings. The lowest BCUT2D eigenvalue weighted by Crippen LogP contribution is -2.32. The van der Waals surface area contributed by atoms with Gasteiger partial charge in [0.2, 0.25) is 0 Å². The fourth-order valence-corrected chi connectivity index (χ4v) is 2.90. The van der Waals surface area contributed by atoms with E-state index in [1.165, 1.54) is 57.9 Å². The summed E-state index contributed by atoms with van der Waals surface area (Å²) < 4.78 is 0. The summed E-state index contributed by atoms with van der Waals surface area (Å²) >= 11 is 0. The van der Waals surface area contributed by atoms with E-state index in [9.17, 15) is 0 Å². The molecule has 2 unspecified atom stereocenters. The Morgan fingerprint density at radius 3 is 2.38 bits per heavy atom. The molecule has 0 aromatic carbocycles. The zero-order valence-electron chi connectivity index (χ0n) is 11.6. The average molecular weight is 225 g/mol. The van der Waals surface area contributed by atoms with E-state index in [2.05, 4.69) is 26.1 Å². The largest absolute Gasteiger partial charge is 0.314 e. The first-order chi connectivity index (χ1) is 7.80. The Bertz CT molecular complexity index is 163. The molecule has 0 amide bonds. The van der Waals surface area contributed by atoms with Crippen LogP contribution in [0.15, 0.2) is 0 Å². The van der Waals surface area contributed by atoms with Crippen LogP contribution < -0.4 is 5.32 Å². The van der Waals surface area contributed by atoms with E-state index in [0.29, 0.717) is 0 Å². The van der Waals surface area contributed by atoms with E-state index in [0.717, 1.165) is 17.9 Å². The highest BCUT2D eigenvalue weighted by molar-refractivity contribution is 4.75. The van der Waals surface area contributed by atoms with Gasteiger partial charge in [-0.3, -0.25) is 0 Å². The van der Waals surface area contributed by atoms with Crippen LogP contribution in [0.1, 0.15) is 72.1 Å². The zero-order valence-corrected chi connectivity index (χ0v) is 11.6. The molecule has 1 rings (SSSR count). The van der Waals surface area contributed by atoms with Gasteiger partial charge in [0.1, 0.15) is 0 Å². The van der Waals surface area contributed by atoms with Gasteiger partial charge < -0.3 is 5.32 Å². The third kappa shape index (κ3) is 4.86. The van der Waals surface area contributed by atoms with Crippen molar-refractivity contribution in [2.24, 2.45) is 11.8 Å². The predicted molar refractivity (Wildman–Crippen MR) is 72.7 cm³/mol. The Balaban J connectivity index is 2.21. The summed E-state index contributed by atoms with van der Waals surface area (Å²) in [6, 6.07) is 0.817. The third-order valence-electron chi connectivity index (χ3n) is 4.52. The highest BCUT2D eigenvalue weighted by Gasteiger charge is 2.17. The summed E-state index contributed by atoms with van der Waals surface area (Å²) in [5, 5.41) is 3.81. The number of hydrogen-bond acceptors (Lipinski definition) is 1. The SMILES string of the molecule is CCC1CCCC(NCC(CC)CC)CC1. The van der Waals surface area contributed by atoms with Gasteiger partial charge in [-0.15, -0.1) is 0 Å². The zero-order chi connectivity index (χ0) is 11.8. The molecule has 0 spiro atoms. The Kier molecular flexibility index (Phi) is 7.11. The van der Waals surface area contributed by atoms with Gasteiger partial charge in [0.25, 0.3) is 0 Å². The maximum absolute atomic E-state index is 3.81. The maximum Gasteiger partial charge on any atom is 0.00672 e. The van der Waals surface area contributed by atoms with Crippen LogP contribution in [0.4, 0.5) is 0 Å². The number of nitrogens with one attached hydrogen (secondary N) is 1. The van der Waals surface area contributed by atoms with Crippen molar-refractivity contribution in [3.8, 4) is 0 Å². The van der Waals surface area contributed by atoms with E-state index in [1.54, 1.807) is 0 Å². The molecule has 0 bridgehead atoms. The maximum atomic E-state index is 3.81. The normalized spacial score (nSPS) is 27.0. The summed E-state index contributed by atoms with van der Waals surface area (Å²) in [7, 11) is 0. The van der Waals surface area contributed by atoms with Crippen molar-refractivity contribution in [2.75, 3.05) is 6.54 Å². The van der Waals surface area contributed by atoms with Gasteiger partial charge in [0.05, 0.1) is 0 Å². The van der Waals surface area contributed by atoms with Crippen LogP contribution in [0.25, 0.3) is 0 Å². The summed E-state index contributed by atoms with van der Waals surface area (Å²) in [6.45, 7) is 8.23. The van der Waals surface area contributed by atoms with E-state index in [4.69, 9.17) is 0 Å². The lowest BCUT2D eigenvalue weighted by Gasteiger charge is -2.20. The first-order valence-corrected chi connectivity index (χ1v) is 7.53.